The van der Waals surface area contributed by atoms with Crippen LogP contribution in [-0.2, 0) is 16.0 Å². The van der Waals surface area contributed by atoms with Gasteiger partial charge in [0.05, 0.1) is 18.0 Å². The highest BCUT2D eigenvalue weighted by atomic mass is 32.1. The van der Waals surface area contributed by atoms with E-state index >= 15 is 0 Å². The van der Waals surface area contributed by atoms with Gasteiger partial charge < -0.3 is 14.7 Å². The van der Waals surface area contributed by atoms with Crippen molar-refractivity contribution in [1.29, 1.82) is 0 Å². The SMILES string of the molecule is CCCc1cc(C(=O)N2CCOC(C(=O)O)C2)sc1C. The molecule has 1 aromatic rings. The Hall–Kier alpha value is -1.40. The fourth-order valence-corrected chi connectivity index (χ4v) is 3.32. The molecule has 1 aliphatic heterocycles. The minimum atomic E-state index is -1.02. The molecule has 0 aromatic carbocycles. The summed E-state index contributed by atoms with van der Waals surface area (Å²) in [7, 11) is 0. The number of morpholine rings is 1. The van der Waals surface area contributed by atoms with E-state index in [4.69, 9.17) is 9.84 Å². The van der Waals surface area contributed by atoms with E-state index in [0.717, 1.165) is 12.8 Å². The van der Waals surface area contributed by atoms with Gasteiger partial charge in [0.15, 0.2) is 6.10 Å². The molecule has 1 unspecified atom stereocenters. The molecule has 1 amide bonds. The third-order valence-electron chi connectivity index (χ3n) is 3.38. The maximum absolute atomic E-state index is 12.4. The van der Waals surface area contributed by atoms with Crippen molar-refractivity contribution in [3.63, 3.8) is 0 Å². The molecular formula is C14H19NO4S. The minimum absolute atomic E-state index is 0.0880. The standard InChI is InChI=1S/C14H19NO4S/c1-3-4-10-7-12(20-9(10)2)13(16)15-5-6-19-11(8-15)14(17)18/h7,11H,3-6,8H2,1-2H3,(H,17,18). The number of amides is 1. The molecule has 110 valence electrons. The summed E-state index contributed by atoms with van der Waals surface area (Å²) in [5.41, 5.74) is 1.21. The van der Waals surface area contributed by atoms with E-state index in [0.29, 0.717) is 11.4 Å². The van der Waals surface area contributed by atoms with Gasteiger partial charge in [-0.3, -0.25) is 4.79 Å². The second-order valence-electron chi connectivity index (χ2n) is 4.89. The largest absolute Gasteiger partial charge is 0.479 e. The summed E-state index contributed by atoms with van der Waals surface area (Å²) < 4.78 is 5.13. The van der Waals surface area contributed by atoms with Crippen LogP contribution < -0.4 is 0 Å². The van der Waals surface area contributed by atoms with Gasteiger partial charge in [0, 0.05) is 11.4 Å². The van der Waals surface area contributed by atoms with Gasteiger partial charge in [-0.15, -0.1) is 11.3 Å². The molecule has 0 spiro atoms. The average Bonchev–Trinajstić information content (AvgIpc) is 2.80. The van der Waals surface area contributed by atoms with Crippen molar-refractivity contribution in [2.45, 2.75) is 32.8 Å². The van der Waals surface area contributed by atoms with Crippen LogP contribution in [0.4, 0.5) is 0 Å². The van der Waals surface area contributed by atoms with Crippen molar-refractivity contribution in [2.24, 2.45) is 0 Å². The molecule has 2 heterocycles. The molecule has 5 nitrogen and oxygen atoms in total. The van der Waals surface area contributed by atoms with Crippen LogP contribution in [0.3, 0.4) is 0 Å². The van der Waals surface area contributed by atoms with Crippen molar-refractivity contribution in [1.82, 2.24) is 4.90 Å². The molecule has 1 N–H and O–H groups in total. The molecule has 1 atom stereocenters. The Balaban J connectivity index is 2.10. The molecule has 6 heteroatoms. The van der Waals surface area contributed by atoms with E-state index in [2.05, 4.69) is 6.92 Å². The molecule has 0 radical (unpaired) electrons. The second kappa shape index (κ2) is 6.37. The van der Waals surface area contributed by atoms with Gasteiger partial charge in [0.25, 0.3) is 5.91 Å². The summed E-state index contributed by atoms with van der Waals surface area (Å²) in [4.78, 5) is 26.8. The van der Waals surface area contributed by atoms with Gasteiger partial charge in [-0.25, -0.2) is 4.79 Å². The Morgan fingerprint density at radius 1 is 1.55 bits per heavy atom. The third kappa shape index (κ3) is 3.19. The van der Waals surface area contributed by atoms with Crippen molar-refractivity contribution in [3.05, 3.63) is 21.4 Å². The number of nitrogens with zero attached hydrogens (tertiary/aromatic N) is 1. The molecule has 1 aromatic heterocycles. The molecule has 20 heavy (non-hydrogen) atoms. The highest BCUT2D eigenvalue weighted by molar-refractivity contribution is 7.14. The number of thiophene rings is 1. The summed E-state index contributed by atoms with van der Waals surface area (Å²) >= 11 is 1.49. The van der Waals surface area contributed by atoms with Gasteiger partial charge in [-0.05, 0) is 25.0 Å². The first-order valence-electron chi connectivity index (χ1n) is 6.76. The molecular weight excluding hydrogens is 278 g/mol. The van der Waals surface area contributed by atoms with Crippen LogP contribution in [0.15, 0.2) is 6.07 Å². The normalized spacial score (nSPS) is 19.1. The lowest BCUT2D eigenvalue weighted by atomic mass is 10.1. The number of carboxylic acid groups (broad SMARTS) is 1. The van der Waals surface area contributed by atoms with Crippen LogP contribution in [0, 0.1) is 6.92 Å². The van der Waals surface area contributed by atoms with Gasteiger partial charge in [-0.1, -0.05) is 13.3 Å². The number of rotatable bonds is 4. The summed E-state index contributed by atoms with van der Waals surface area (Å²) in [6, 6.07) is 1.94. The minimum Gasteiger partial charge on any atom is -0.479 e. The van der Waals surface area contributed by atoms with E-state index < -0.39 is 12.1 Å². The summed E-state index contributed by atoms with van der Waals surface area (Å²) in [6.07, 6.45) is 1.10. The van der Waals surface area contributed by atoms with E-state index in [9.17, 15) is 9.59 Å². The van der Waals surface area contributed by atoms with Crippen LogP contribution in [0.5, 0.6) is 0 Å². The number of carbonyl (C=O) groups is 2. The van der Waals surface area contributed by atoms with Gasteiger partial charge in [-0.2, -0.15) is 0 Å². The maximum atomic E-state index is 12.4. The highest BCUT2D eigenvalue weighted by Gasteiger charge is 2.30. The Morgan fingerprint density at radius 3 is 2.95 bits per heavy atom. The fourth-order valence-electron chi connectivity index (χ4n) is 2.28. The number of hydrogen-bond acceptors (Lipinski definition) is 4. The molecule has 1 aliphatic rings. The van der Waals surface area contributed by atoms with Crippen molar-refractivity contribution < 1.29 is 19.4 Å². The molecule has 2 rings (SSSR count). The van der Waals surface area contributed by atoms with Crippen LogP contribution in [0.1, 0.15) is 33.5 Å². The van der Waals surface area contributed by atoms with E-state index in [1.165, 1.54) is 21.8 Å². The number of hydrogen-bond donors (Lipinski definition) is 1. The fraction of sp³-hybridized carbons (Fsp3) is 0.571. The number of ether oxygens (including phenoxy) is 1. The van der Waals surface area contributed by atoms with Crippen molar-refractivity contribution in [2.75, 3.05) is 19.7 Å². The Morgan fingerprint density at radius 2 is 2.30 bits per heavy atom. The lowest BCUT2D eigenvalue weighted by molar-refractivity contribution is -0.154. The first-order chi connectivity index (χ1) is 9.52. The Kier molecular flexibility index (Phi) is 4.77. The van der Waals surface area contributed by atoms with Gasteiger partial charge in [0.1, 0.15) is 0 Å². The first-order valence-corrected chi connectivity index (χ1v) is 7.57. The molecule has 0 saturated carbocycles. The Bertz CT molecular complexity index is 511. The zero-order valence-corrected chi connectivity index (χ0v) is 12.5. The predicted octanol–water partition coefficient (Wildman–Crippen LogP) is 1.93. The first kappa shape index (κ1) is 15.0. The third-order valence-corrected chi connectivity index (χ3v) is 4.46. The maximum Gasteiger partial charge on any atom is 0.334 e. The molecule has 0 aliphatic carbocycles. The van der Waals surface area contributed by atoms with Crippen molar-refractivity contribution in [3.8, 4) is 0 Å². The topological polar surface area (TPSA) is 66.8 Å². The summed E-state index contributed by atoms with van der Waals surface area (Å²) in [5.74, 6) is -1.11. The number of carbonyl (C=O) groups excluding carboxylic acids is 1. The monoisotopic (exact) mass is 297 g/mol. The van der Waals surface area contributed by atoms with E-state index in [-0.39, 0.29) is 19.1 Å². The van der Waals surface area contributed by atoms with Crippen molar-refractivity contribution >= 4 is 23.2 Å². The summed E-state index contributed by atoms with van der Waals surface area (Å²) in [5, 5.41) is 8.97. The predicted molar refractivity (Wildman–Crippen MR) is 76.3 cm³/mol. The second-order valence-corrected chi connectivity index (χ2v) is 6.15. The molecule has 1 fully saturated rings. The summed E-state index contributed by atoms with van der Waals surface area (Å²) in [6.45, 7) is 4.97. The zero-order valence-electron chi connectivity index (χ0n) is 11.7. The van der Waals surface area contributed by atoms with Crippen LogP contribution in [0.2, 0.25) is 0 Å². The smallest absolute Gasteiger partial charge is 0.334 e. The zero-order chi connectivity index (χ0) is 14.7. The van der Waals surface area contributed by atoms with E-state index in [1.807, 2.05) is 13.0 Å². The average molecular weight is 297 g/mol. The van der Waals surface area contributed by atoms with Crippen LogP contribution in [0.25, 0.3) is 0 Å². The number of carboxylic acids is 1. The quantitative estimate of drug-likeness (QED) is 0.922. The molecule has 0 bridgehead atoms. The Labute approximate surface area is 122 Å². The number of aliphatic carboxylic acids is 1. The van der Waals surface area contributed by atoms with Gasteiger partial charge >= 0.3 is 5.97 Å². The van der Waals surface area contributed by atoms with Crippen LogP contribution in [-0.4, -0.2) is 47.7 Å². The highest BCUT2D eigenvalue weighted by Crippen LogP contribution is 2.24. The van der Waals surface area contributed by atoms with E-state index in [1.54, 1.807) is 4.90 Å². The molecule has 1 saturated heterocycles. The number of aryl methyl sites for hydroxylation is 2. The van der Waals surface area contributed by atoms with Crippen LogP contribution >= 0.6 is 11.3 Å². The van der Waals surface area contributed by atoms with Gasteiger partial charge in [0.2, 0.25) is 0 Å². The lowest BCUT2D eigenvalue weighted by Gasteiger charge is -2.30. The lowest BCUT2D eigenvalue weighted by Crippen LogP contribution is -2.48.